The van der Waals surface area contributed by atoms with E-state index in [4.69, 9.17) is 0 Å². The highest BCUT2D eigenvalue weighted by Crippen LogP contribution is 2.31. The number of fused-ring (bicyclic) bond motifs is 1. The Bertz CT molecular complexity index is 775. The van der Waals surface area contributed by atoms with E-state index >= 15 is 0 Å². The van der Waals surface area contributed by atoms with E-state index in [0.717, 1.165) is 11.3 Å². The Morgan fingerprint density at radius 3 is 2.10 bits per heavy atom. The molecule has 106 valence electrons. The lowest BCUT2D eigenvalue weighted by atomic mass is 10.1. The molecule has 2 amide bonds. The number of thiazole rings is 1. The monoisotopic (exact) mass is 308 g/mol. The lowest BCUT2D eigenvalue weighted by molar-refractivity contribution is 0.0923. The molecule has 0 fully saturated rings. The van der Waals surface area contributed by atoms with Gasteiger partial charge in [0.05, 0.1) is 11.1 Å². The molecule has 8 heteroatoms. The number of nitrogens with zero attached hydrogens (tertiary/aromatic N) is 2. The standard InChI is InChI=1S/C13H6F2N2O3S/c1-5(18)10-4-21-13(16-10)17-11(19)6-2-8(14)9(15)3-7(6)12(17)20/h2-4H,1H3. The average Bonchev–Trinajstić information content (AvgIpc) is 2.98. The minimum Gasteiger partial charge on any atom is -0.293 e. The quantitative estimate of drug-likeness (QED) is 0.631. The molecule has 2 heterocycles. The molecule has 1 aromatic heterocycles. The Hall–Kier alpha value is -2.48. The van der Waals surface area contributed by atoms with Crippen molar-refractivity contribution in [1.29, 1.82) is 0 Å². The van der Waals surface area contributed by atoms with Crippen molar-refractivity contribution in [1.82, 2.24) is 4.98 Å². The number of aromatic nitrogens is 1. The van der Waals surface area contributed by atoms with Crippen LogP contribution in [-0.4, -0.2) is 22.6 Å². The summed E-state index contributed by atoms with van der Waals surface area (Å²) in [5.41, 5.74) is -0.333. The summed E-state index contributed by atoms with van der Waals surface area (Å²) in [5, 5.41) is 1.40. The van der Waals surface area contributed by atoms with Crippen LogP contribution in [0.1, 0.15) is 38.1 Å². The number of rotatable bonds is 2. The van der Waals surface area contributed by atoms with Crippen LogP contribution in [0, 0.1) is 11.6 Å². The summed E-state index contributed by atoms with van der Waals surface area (Å²) in [6, 6.07) is 1.37. The van der Waals surface area contributed by atoms with E-state index in [1.165, 1.54) is 12.3 Å². The molecule has 5 nitrogen and oxygen atoms in total. The lowest BCUT2D eigenvalue weighted by Gasteiger charge is -2.08. The number of carbonyl (C=O) groups is 3. The van der Waals surface area contributed by atoms with Crippen molar-refractivity contribution in [3.63, 3.8) is 0 Å². The van der Waals surface area contributed by atoms with Gasteiger partial charge in [0.25, 0.3) is 11.8 Å². The van der Waals surface area contributed by atoms with Crippen molar-refractivity contribution in [3.05, 3.63) is 46.0 Å². The van der Waals surface area contributed by atoms with Gasteiger partial charge in [-0.05, 0) is 12.1 Å². The summed E-state index contributed by atoms with van der Waals surface area (Å²) in [6.45, 7) is 1.30. The van der Waals surface area contributed by atoms with Crippen molar-refractivity contribution >= 4 is 34.1 Å². The smallest absolute Gasteiger partial charge is 0.268 e. The van der Waals surface area contributed by atoms with Crippen molar-refractivity contribution in [2.24, 2.45) is 0 Å². The molecule has 21 heavy (non-hydrogen) atoms. The van der Waals surface area contributed by atoms with E-state index in [2.05, 4.69) is 4.98 Å². The van der Waals surface area contributed by atoms with Crippen LogP contribution < -0.4 is 4.90 Å². The number of anilines is 1. The molecule has 0 saturated carbocycles. The molecule has 1 aliphatic heterocycles. The van der Waals surface area contributed by atoms with E-state index in [1.807, 2.05) is 0 Å². The largest absolute Gasteiger partial charge is 0.293 e. The molecule has 2 aromatic rings. The molecule has 0 radical (unpaired) electrons. The van der Waals surface area contributed by atoms with Gasteiger partial charge in [-0.2, -0.15) is 0 Å². The molecule has 0 N–H and O–H groups in total. The lowest BCUT2D eigenvalue weighted by Crippen LogP contribution is -2.29. The summed E-state index contributed by atoms with van der Waals surface area (Å²) >= 11 is 0.926. The molecular weight excluding hydrogens is 302 g/mol. The van der Waals surface area contributed by atoms with Crippen LogP contribution in [0.15, 0.2) is 17.5 Å². The van der Waals surface area contributed by atoms with E-state index < -0.39 is 23.4 Å². The number of benzene rings is 1. The van der Waals surface area contributed by atoms with Crippen LogP contribution in [0.5, 0.6) is 0 Å². The SMILES string of the molecule is CC(=O)c1csc(N2C(=O)c3cc(F)c(F)cc3C2=O)n1. The summed E-state index contributed by atoms with van der Waals surface area (Å²) in [6.07, 6.45) is 0. The number of carbonyl (C=O) groups excluding carboxylic acids is 3. The highest BCUT2D eigenvalue weighted by molar-refractivity contribution is 7.14. The Morgan fingerprint density at radius 2 is 1.67 bits per heavy atom. The molecule has 0 saturated heterocycles. The van der Waals surface area contributed by atoms with Gasteiger partial charge in [-0.3, -0.25) is 14.4 Å². The normalized spacial score (nSPS) is 13.8. The first-order chi connectivity index (χ1) is 9.90. The zero-order valence-corrected chi connectivity index (χ0v) is 11.3. The van der Waals surface area contributed by atoms with Gasteiger partial charge in [-0.1, -0.05) is 0 Å². The van der Waals surface area contributed by atoms with Gasteiger partial charge in [0, 0.05) is 12.3 Å². The highest BCUT2D eigenvalue weighted by atomic mass is 32.1. The first-order valence-corrected chi connectivity index (χ1v) is 6.62. The van der Waals surface area contributed by atoms with Crippen LogP contribution in [0.4, 0.5) is 13.9 Å². The van der Waals surface area contributed by atoms with Crippen LogP contribution in [0.25, 0.3) is 0 Å². The number of imide groups is 1. The highest BCUT2D eigenvalue weighted by Gasteiger charge is 2.39. The Morgan fingerprint density at radius 1 is 1.14 bits per heavy atom. The molecule has 1 aromatic carbocycles. The van der Waals surface area contributed by atoms with E-state index in [0.29, 0.717) is 17.0 Å². The maximum absolute atomic E-state index is 13.2. The van der Waals surface area contributed by atoms with Crippen LogP contribution >= 0.6 is 11.3 Å². The fraction of sp³-hybridized carbons (Fsp3) is 0.0769. The van der Waals surface area contributed by atoms with E-state index in [1.54, 1.807) is 0 Å². The molecule has 0 bridgehead atoms. The number of ketones is 1. The number of hydrogen-bond acceptors (Lipinski definition) is 5. The second kappa shape index (κ2) is 4.52. The Kier molecular flexibility index (Phi) is 2.91. The molecule has 0 atom stereocenters. The number of halogens is 2. The van der Waals surface area contributed by atoms with Crippen LogP contribution in [0.2, 0.25) is 0 Å². The fourth-order valence-electron chi connectivity index (χ4n) is 1.94. The number of hydrogen-bond donors (Lipinski definition) is 0. The topological polar surface area (TPSA) is 67.3 Å². The van der Waals surface area contributed by atoms with E-state index in [-0.39, 0.29) is 27.7 Å². The van der Waals surface area contributed by atoms with Gasteiger partial charge >= 0.3 is 0 Å². The summed E-state index contributed by atoms with van der Waals surface area (Å²) in [4.78, 5) is 40.1. The third-order valence-electron chi connectivity index (χ3n) is 2.97. The second-order valence-corrected chi connectivity index (χ2v) is 5.17. The fourth-order valence-corrected chi connectivity index (χ4v) is 2.79. The van der Waals surface area contributed by atoms with Gasteiger partial charge in [0.1, 0.15) is 5.69 Å². The maximum atomic E-state index is 13.2. The summed E-state index contributed by atoms with van der Waals surface area (Å²) in [5.74, 6) is -4.32. The molecule has 0 spiro atoms. The molecule has 3 rings (SSSR count). The predicted molar refractivity (Wildman–Crippen MR) is 69.6 cm³/mol. The summed E-state index contributed by atoms with van der Waals surface area (Å²) < 4.78 is 26.4. The van der Waals surface area contributed by atoms with Gasteiger partial charge in [0.15, 0.2) is 22.5 Å². The van der Waals surface area contributed by atoms with Crippen molar-refractivity contribution < 1.29 is 23.2 Å². The predicted octanol–water partition coefficient (Wildman–Crippen LogP) is 2.42. The van der Waals surface area contributed by atoms with Crippen LogP contribution in [-0.2, 0) is 0 Å². The number of amides is 2. The minimum absolute atomic E-state index is 0.00721. The van der Waals surface area contributed by atoms with Crippen LogP contribution in [0.3, 0.4) is 0 Å². The van der Waals surface area contributed by atoms with Crippen molar-refractivity contribution in [3.8, 4) is 0 Å². The first-order valence-electron chi connectivity index (χ1n) is 5.74. The van der Waals surface area contributed by atoms with Gasteiger partial charge in [-0.25, -0.2) is 18.7 Å². The zero-order chi connectivity index (χ0) is 15.3. The van der Waals surface area contributed by atoms with Gasteiger partial charge in [-0.15, -0.1) is 11.3 Å². The summed E-state index contributed by atoms with van der Waals surface area (Å²) in [7, 11) is 0. The number of Topliss-reactive ketones (excluding diaryl/α,β-unsaturated/α-hetero) is 1. The van der Waals surface area contributed by atoms with Gasteiger partial charge in [0.2, 0.25) is 0 Å². The zero-order valence-electron chi connectivity index (χ0n) is 10.5. The molecular formula is C13H6F2N2O3S. The first kappa shape index (κ1) is 13.5. The van der Waals surface area contributed by atoms with E-state index in [9.17, 15) is 23.2 Å². The van der Waals surface area contributed by atoms with Gasteiger partial charge < -0.3 is 0 Å². The second-order valence-electron chi connectivity index (χ2n) is 4.33. The minimum atomic E-state index is -1.21. The molecule has 1 aliphatic rings. The third kappa shape index (κ3) is 1.95. The molecule has 0 aliphatic carbocycles. The Balaban J connectivity index is 2.08. The van der Waals surface area contributed by atoms with Crippen molar-refractivity contribution in [2.75, 3.05) is 4.90 Å². The third-order valence-corrected chi connectivity index (χ3v) is 3.80. The van der Waals surface area contributed by atoms with Crippen molar-refractivity contribution in [2.45, 2.75) is 6.92 Å². The maximum Gasteiger partial charge on any atom is 0.268 e. The average molecular weight is 308 g/mol. The Labute approximate surface area is 120 Å². The molecule has 0 unspecified atom stereocenters.